The van der Waals surface area contributed by atoms with Crippen LogP contribution in [0.3, 0.4) is 0 Å². The van der Waals surface area contributed by atoms with Crippen molar-refractivity contribution in [3.63, 3.8) is 0 Å². The van der Waals surface area contributed by atoms with Gasteiger partial charge in [0.15, 0.2) is 0 Å². The third kappa shape index (κ3) is 3.07. The summed E-state index contributed by atoms with van der Waals surface area (Å²) in [6.07, 6.45) is 1.97. The highest BCUT2D eigenvalue weighted by molar-refractivity contribution is 5.88. The van der Waals surface area contributed by atoms with Gasteiger partial charge in [-0.25, -0.2) is 18.7 Å². The van der Waals surface area contributed by atoms with Crippen LogP contribution in [0.15, 0.2) is 35.3 Å². The van der Waals surface area contributed by atoms with Crippen molar-refractivity contribution < 1.29 is 8.78 Å². The first-order valence-corrected chi connectivity index (χ1v) is 9.01. The Labute approximate surface area is 155 Å². The quantitative estimate of drug-likeness (QED) is 0.760. The molecule has 0 unspecified atom stereocenters. The van der Waals surface area contributed by atoms with Gasteiger partial charge in [-0.05, 0) is 31.4 Å². The number of fused-ring (bicyclic) bond motifs is 2. The topological polar surface area (TPSA) is 59.8 Å². The molecule has 5 nitrogen and oxygen atoms in total. The molecule has 4 rings (SSSR count). The first kappa shape index (κ1) is 17.6. The summed E-state index contributed by atoms with van der Waals surface area (Å²) in [5.41, 5.74) is 2.15. The zero-order valence-electron chi connectivity index (χ0n) is 15.2. The Hall–Kier alpha value is -2.83. The largest absolute Gasteiger partial charge is 0.365 e. The minimum absolute atomic E-state index is 0.114. The number of aromatic nitrogens is 3. The normalized spacial score (nSPS) is 15.1. The van der Waals surface area contributed by atoms with Crippen LogP contribution in [-0.2, 0) is 25.4 Å². The van der Waals surface area contributed by atoms with E-state index in [1.807, 2.05) is 13.0 Å². The lowest BCUT2D eigenvalue weighted by molar-refractivity contribution is -0.00184. The van der Waals surface area contributed by atoms with Crippen LogP contribution in [0.25, 0.3) is 10.9 Å². The summed E-state index contributed by atoms with van der Waals surface area (Å²) in [6.45, 7) is 4.58. The molecule has 27 heavy (non-hydrogen) atoms. The molecule has 0 amide bonds. The van der Waals surface area contributed by atoms with Gasteiger partial charge in [0.2, 0.25) is 0 Å². The molecule has 3 aromatic rings. The number of hydrogen-bond donors (Lipinski definition) is 1. The van der Waals surface area contributed by atoms with E-state index in [0.29, 0.717) is 36.7 Å². The van der Waals surface area contributed by atoms with Gasteiger partial charge in [0.1, 0.15) is 11.6 Å². The summed E-state index contributed by atoms with van der Waals surface area (Å²) in [7, 11) is 0. The highest BCUT2D eigenvalue weighted by atomic mass is 19.3. The van der Waals surface area contributed by atoms with E-state index in [0.717, 1.165) is 16.5 Å². The molecule has 0 aliphatic heterocycles. The molecule has 0 saturated carbocycles. The third-order valence-electron chi connectivity index (χ3n) is 5.06. The Morgan fingerprint density at radius 1 is 1.30 bits per heavy atom. The van der Waals surface area contributed by atoms with Crippen molar-refractivity contribution in [2.24, 2.45) is 0 Å². The van der Waals surface area contributed by atoms with Crippen molar-refractivity contribution in [1.29, 1.82) is 0 Å². The fourth-order valence-electron chi connectivity index (χ4n) is 3.68. The van der Waals surface area contributed by atoms with Gasteiger partial charge >= 0.3 is 0 Å². The van der Waals surface area contributed by atoms with Crippen LogP contribution in [0.5, 0.6) is 0 Å². The summed E-state index contributed by atoms with van der Waals surface area (Å²) >= 11 is 0. The van der Waals surface area contributed by atoms with Crippen LogP contribution < -0.4 is 10.9 Å². The SMILES string of the molecule is CCn1cc2c(NCc3cccc4c3CCC4(F)F)nc(C)nc2cc1=O. The summed E-state index contributed by atoms with van der Waals surface area (Å²) in [5.74, 6) is -1.61. The molecule has 1 aliphatic rings. The van der Waals surface area contributed by atoms with Crippen LogP contribution in [0.4, 0.5) is 14.6 Å². The third-order valence-corrected chi connectivity index (χ3v) is 5.06. The molecule has 0 saturated heterocycles. The number of aryl methyl sites for hydroxylation is 2. The minimum atomic E-state index is -2.75. The molecule has 0 spiro atoms. The monoisotopic (exact) mass is 370 g/mol. The number of nitrogens with zero attached hydrogens (tertiary/aromatic N) is 3. The fraction of sp³-hybridized carbons (Fsp3) is 0.350. The van der Waals surface area contributed by atoms with E-state index in [9.17, 15) is 13.6 Å². The predicted octanol–water partition coefficient (Wildman–Crippen LogP) is 3.77. The number of anilines is 1. The molecular formula is C20H20F2N4O. The Kier molecular flexibility index (Phi) is 4.17. The smallest absolute Gasteiger partial charge is 0.273 e. The molecule has 0 fully saturated rings. The second-order valence-electron chi connectivity index (χ2n) is 6.82. The summed E-state index contributed by atoms with van der Waals surface area (Å²) in [5, 5.41) is 4.00. The minimum Gasteiger partial charge on any atom is -0.365 e. The maximum atomic E-state index is 14.0. The van der Waals surface area contributed by atoms with E-state index in [-0.39, 0.29) is 17.5 Å². The van der Waals surface area contributed by atoms with Crippen molar-refractivity contribution in [1.82, 2.24) is 14.5 Å². The van der Waals surface area contributed by atoms with Crippen LogP contribution in [0.2, 0.25) is 0 Å². The van der Waals surface area contributed by atoms with Crippen molar-refractivity contribution >= 4 is 16.7 Å². The van der Waals surface area contributed by atoms with Crippen molar-refractivity contribution in [3.05, 3.63) is 63.3 Å². The highest BCUT2D eigenvalue weighted by Gasteiger charge is 2.39. The molecule has 0 atom stereocenters. The average Bonchev–Trinajstić information content (AvgIpc) is 2.94. The maximum absolute atomic E-state index is 14.0. The van der Waals surface area contributed by atoms with Crippen LogP contribution in [-0.4, -0.2) is 14.5 Å². The van der Waals surface area contributed by atoms with Gasteiger partial charge in [0.25, 0.3) is 11.5 Å². The number of halogens is 2. The van der Waals surface area contributed by atoms with Gasteiger partial charge in [-0.3, -0.25) is 4.79 Å². The maximum Gasteiger partial charge on any atom is 0.273 e. The van der Waals surface area contributed by atoms with E-state index in [4.69, 9.17) is 0 Å². The second-order valence-corrected chi connectivity index (χ2v) is 6.82. The molecule has 1 N–H and O–H groups in total. The first-order valence-electron chi connectivity index (χ1n) is 9.01. The molecule has 0 bridgehead atoms. The Bertz CT molecular complexity index is 1090. The van der Waals surface area contributed by atoms with Gasteiger partial charge in [-0.15, -0.1) is 0 Å². The lowest BCUT2D eigenvalue weighted by Crippen LogP contribution is -2.18. The van der Waals surface area contributed by atoms with E-state index in [2.05, 4.69) is 15.3 Å². The second kappa shape index (κ2) is 6.40. The molecule has 7 heteroatoms. The lowest BCUT2D eigenvalue weighted by Gasteiger charge is -2.14. The zero-order chi connectivity index (χ0) is 19.2. The summed E-state index contributed by atoms with van der Waals surface area (Å²) < 4.78 is 29.6. The molecule has 2 heterocycles. The number of alkyl halides is 2. The fourth-order valence-corrected chi connectivity index (χ4v) is 3.68. The van der Waals surface area contributed by atoms with E-state index in [1.54, 1.807) is 23.8 Å². The highest BCUT2D eigenvalue weighted by Crippen LogP contribution is 2.42. The first-order chi connectivity index (χ1) is 12.9. The van der Waals surface area contributed by atoms with Gasteiger partial charge in [-0.2, -0.15) is 0 Å². The summed E-state index contributed by atoms with van der Waals surface area (Å²) in [4.78, 5) is 20.9. The van der Waals surface area contributed by atoms with Gasteiger partial charge in [0.05, 0.1) is 10.9 Å². The number of nitrogens with one attached hydrogen (secondary N) is 1. The van der Waals surface area contributed by atoms with Crippen molar-refractivity contribution in [2.75, 3.05) is 5.32 Å². The molecular weight excluding hydrogens is 350 g/mol. The summed E-state index contributed by atoms with van der Waals surface area (Å²) in [6, 6.07) is 6.55. The van der Waals surface area contributed by atoms with E-state index in [1.165, 1.54) is 12.1 Å². The molecule has 1 aliphatic carbocycles. The van der Waals surface area contributed by atoms with Crippen LogP contribution in [0.1, 0.15) is 35.9 Å². The average molecular weight is 370 g/mol. The zero-order valence-corrected chi connectivity index (χ0v) is 15.2. The molecule has 2 aromatic heterocycles. The number of hydrogen-bond acceptors (Lipinski definition) is 4. The predicted molar refractivity (Wildman–Crippen MR) is 100 cm³/mol. The van der Waals surface area contributed by atoms with Crippen LogP contribution >= 0.6 is 0 Å². The standard InChI is InChI=1S/C20H20F2N4O/c1-3-26-11-15-17(9-18(26)27)24-12(2)25-19(15)23-10-13-5-4-6-16-14(13)7-8-20(16,21)22/h4-6,9,11H,3,7-8,10H2,1-2H3,(H,23,24,25). The molecule has 140 valence electrons. The van der Waals surface area contributed by atoms with Crippen molar-refractivity contribution in [2.45, 2.75) is 45.7 Å². The number of benzene rings is 1. The number of rotatable bonds is 4. The number of pyridine rings is 1. The van der Waals surface area contributed by atoms with Gasteiger partial charge in [0, 0.05) is 37.3 Å². The Morgan fingerprint density at radius 2 is 2.11 bits per heavy atom. The van der Waals surface area contributed by atoms with Gasteiger partial charge in [-0.1, -0.05) is 18.2 Å². The van der Waals surface area contributed by atoms with Crippen molar-refractivity contribution in [3.8, 4) is 0 Å². The lowest BCUT2D eigenvalue weighted by atomic mass is 10.0. The van der Waals surface area contributed by atoms with Gasteiger partial charge < -0.3 is 9.88 Å². The Balaban J connectivity index is 1.71. The van der Waals surface area contributed by atoms with Crippen LogP contribution in [0, 0.1) is 6.92 Å². The molecule has 0 radical (unpaired) electrons. The molecule has 1 aromatic carbocycles. The Morgan fingerprint density at radius 3 is 2.89 bits per heavy atom. The van der Waals surface area contributed by atoms with E-state index >= 15 is 0 Å². The van der Waals surface area contributed by atoms with E-state index < -0.39 is 5.92 Å².